The Bertz CT molecular complexity index is 602. The van der Waals surface area contributed by atoms with Crippen molar-refractivity contribution in [2.24, 2.45) is 5.92 Å². The average molecular weight is 320 g/mol. The van der Waals surface area contributed by atoms with Gasteiger partial charge in [0.15, 0.2) is 6.61 Å². The van der Waals surface area contributed by atoms with Crippen molar-refractivity contribution in [3.8, 4) is 0 Å². The highest BCUT2D eigenvalue weighted by Gasteiger charge is 2.23. The lowest BCUT2D eigenvalue weighted by atomic mass is 9.86. The maximum absolute atomic E-state index is 11.9. The van der Waals surface area contributed by atoms with Crippen LogP contribution in [0.15, 0.2) is 24.3 Å². The molecule has 2 atom stereocenters. The summed E-state index contributed by atoms with van der Waals surface area (Å²) in [6.07, 6.45) is 4.28. The van der Waals surface area contributed by atoms with E-state index in [4.69, 9.17) is 4.74 Å². The lowest BCUT2D eigenvalue weighted by Gasteiger charge is -2.29. The number of nitro benzene ring substituents is 1. The first-order valence-electron chi connectivity index (χ1n) is 7.68. The summed E-state index contributed by atoms with van der Waals surface area (Å²) in [5, 5.41) is 13.6. The molecule has 2 unspecified atom stereocenters. The Morgan fingerprint density at radius 1 is 1.35 bits per heavy atom. The van der Waals surface area contributed by atoms with Crippen molar-refractivity contribution < 1.29 is 19.2 Å². The zero-order valence-electron chi connectivity index (χ0n) is 13.0. The third-order valence-electron chi connectivity index (χ3n) is 4.08. The second-order valence-electron chi connectivity index (χ2n) is 5.82. The SMILES string of the molecule is CC1CCCCC1NC(=O)COC(=O)c1cccc([N+](=O)[O-])c1. The van der Waals surface area contributed by atoms with Gasteiger partial charge in [-0.05, 0) is 24.8 Å². The van der Waals surface area contributed by atoms with E-state index < -0.39 is 10.9 Å². The zero-order chi connectivity index (χ0) is 16.8. The summed E-state index contributed by atoms with van der Waals surface area (Å²) in [7, 11) is 0. The van der Waals surface area contributed by atoms with E-state index in [0.717, 1.165) is 25.3 Å². The Kier molecular flexibility index (Phi) is 5.67. The summed E-state index contributed by atoms with van der Waals surface area (Å²) in [4.78, 5) is 33.8. The van der Waals surface area contributed by atoms with Gasteiger partial charge in [0, 0.05) is 18.2 Å². The molecule has 1 aliphatic carbocycles. The van der Waals surface area contributed by atoms with Crippen molar-refractivity contribution in [3.63, 3.8) is 0 Å². The molecule has 2 rings (SSSR count). The minimum atomic E-state index is -0.749. The van der Waals surface area contributed by atoms with E-state index in [0.29, 0.717) is 5.92 Å². The maximum atomic E-state index is 11.9. The van der Waals surface area contributed by atoms with Crippen LogP contribution in [0.4, 0.5) is 5.69 Å². The monoisotopic (exact) mass is 320 g/mol. The van der Waals surface area contributed by atoms with Gasteiger partial charge in [-0.2, -0.15) is 0 Å². The molecule has 0 spiro atoms. The van der Waals surface area contributed by atoms with Gasteiger partial charge in [0.05, 0.1) is 10.5 Å². The van der Waals surface area contributed by atoms with Gasteiger partial charge in [0.25, 0.3) is 11.6 Å². The number of carbonyl (C=O) groups excluding carboxylic acids is 2. The predicted octanol–water partition coefficient (Wildman–Crippen LogP) is 2.45. The first kappa shape index (κ1) is 16.9. The first-order valence-corrected chi connectivity index (χ1v) is 7.68. The van der Waals surface area contributed by atoms with E-state index in [9.17, 15) is 19.7 Å². The second-order valence-corrected chi connectivity index (χ2v) is 5.82. The lowest BCUT2D eigenvalue weighted by Crippen LogP contribution is -2.42. The minimum Gasteiger partial charge on any atom is -0.452 e. The molecular formula is C16H20N2O5. The van der Waals surface area contributed by atoms with Crippen LogP contribution < -0.4 is 5.32 Å². The van der Waals surface area contributed by atoms with Crippen LogP contribution in [-0.2, 0) is 9.53 Å². The summed E-state index contributed by atoms with van der Waals surface area (Å²) in [6, 6.07) is 5.35. The van der Waals surface area contributed by atoms with E-state index >= 15 is 0 Å². The molecule has 1 fully saturated rings. The van der Waals surface area contributed by atoms with Crippen LogP contribution in [0.25, 0.3) is 0 Å². The molecule has 1 N–H and O–H groups in total. The molecule has 1 aliphatic rings. The smallest absolute Gasteiger partial charge is 0.338 e. The van der Waals surface area contributed by atoms with Crippen molar-refractivity contribution in [1.82, 2.24) is 5.32 Å². The fraction of sp³-hybridized carbons (Fsp3) is 0.500. The fourth-order valence-electron chi connectivity index (χ4n) is 2.74. The highest BCUT2D eigenvalue weighted by atomic mass is 16.6. The first-order chi connectivity index (χ1) is 11.0. The number of ether oxygens (including phenoxy) is 1. The van der Waals surface area contributed by atoms with Crippen LogP contribution in [0, 0.1) is 16.0 Å². The molecule has 1 aromatic rings. The molecule has 0 saturated heterocycles. The van der Waals surface area contributed by atoms with Gasteiger partial charge < -0.3 is 10.1 Å². The number of carbonyl (C=O) groups is 2. The van der Waals surface area contributed by atoms with Crippen LogP contribution in [0.5, 0.6) is 0 Å². The lowest BCUT2D eigenvalue weighted by molar-refractivity contribution is -0.384. The predicted molar refractivity (Wildman–Crippen MR) is 82.9 cm³/mol. The molecule has 0 bridgehead atoms. The number of rotatable bonds is 5. The number of nitro groups is 1. The second kappa shape index (κ2) is 7.71. The number of non-ortho nitro benzene ring substituents is 1. The van der Waals surface area contributed by atoms with Crippen molar-refractivity contribution in [3.05, 3.63) is 39.9 Å². The van der Waals surface area contributed by atoms with Gasteiger partial charge in [0.2, 0.25) is 0 Å². The third-order valence-corrected chi connectivity index (χ3v) is 4.08. The van der Waals surface area contributed by atoms with Gasteiger partial charge in [0.1, 0.15) is 0 Å². The van der Waals surface area contributed by atoms with E-state index in [2.05, 4.69) is 12.2 Å². The Balaban J connectivity index is 1.85. The minimum absolute atomic E-state index is 0.0537. The van der Waals surface area contributed by atoms with E-state index in [-0.39, 0.29) is 29.8 Å². The van der Waals surface area contributed by atoms with Crippen molar-refractivity contribution in [2.45, 2.75) is 38.6 Å². The van der Waals surface area contributed by atoms with Gasteiger partial charge in [-0.3, -0.25) is 14.9 Å². The summed E-state index contributed by atoms with van der Waals surface area (Å²) < 4.78 is 4.93. The topological polar surface area (TPSA) is 98.5 Å². The number of amides is 1. The highest BCUT2D eigenvalue weighted by molar-refractivity contribution is 5.91. The summed E-state index contributed by atoms with van der Waals surface area (Å²) >= 11 is 0. The van der Waals surface area contributed by atoms with Crippen LogP contribution in [-0.4, -0.2) is 29.4 Å². The standard InChI is InChI=1S/C16H20N2O5/c1-11-5-2-3-8-14(11)17-15(19)10-23-16(20)12-6-4-7-13(9-12)18(21)22/h4,6-7,9,11,14H,2-3,5,8,10H2,1H3,(H,17,19). The fourth-order valence-corrected chi connectivity index (χ4v) is 2.74. The Labute approximate surface area is 134 Å². The number of hydrogen-bond acceptors (Lipinski definition) is 5. The molecular weight excluding hydrogens is 300 g/mol. The molecule has 1 aromatic carbocycles. The normalized spacial score (nSPS) is 20.6. The van der Waals surface area contributed by atoms with Crippen LogP contribution in [0.2, 0.25) is 0 Å². The largest absolute Gasteiger partial charge is 0.452 e. The van der Waals surface area contributed by atoms with Crippen LogP contribution >= 0.6 is 0 Å². The average Bonchev–Trinajstić information content (AvgIpc) is 2.55. The van der Waals surface area contributed by atoms with Crippen molar-refractivity contribution in [2.75, 3.05) is 6.61 Å². The summed E-state index contributed by atoms with van der Waals surface area (Å²) in [5.74, 6) is -0.678. The molecule has 1 amide bonds. The molecule has 124 valence electrons. The van der Waals surface area contributed by atoms with Gasteiger partial charge in [-0.1, -0.05) is 25.8 Å². The molecule has 23 heavy (non-hydrogen) atoms. The molecule has 0 aromatic heterocycles. The molecule has 0 radical (unpaired) electrons. The Morgan fingerprint density at radius 2 is 2.09 bits per heavy atom. The third kappa shape index (κ3) is 4.77. The molecule has 0 heterocycles. The number of nitrogens with one attached hydrogen (secondary N) is 1. The molecule has 7 heteroatoms. The number of hydrogen-bond donors (Lipinski definition) is 1. The molecule has 1 saturated carbocycles. The summed E-state index contributed by atoms with van der Waals surface area (Å²) in [6.45, 7) is 1.71. The quantitative estimate of drug-likeness (QED) is 0.510. The van der Waals surface area contributed by atoms with Crippen LogP contribution in [0.1, 0.15) is 43.0 Å². The van der Waals surface area contributed by atoms with Crippen molar-refractivity contribution in [1.29, 1.82) is 0 Å². The number of benzene rings is 1. The number of nitrogens with zero attached hydrogens (tertiary/aromatic N) is 1. The van der Waals surface area contributed by atoms with E-state index in [1.807, 2.05) is 0 Å². The van der Waals surface area contributed by atoms with Gasteiger partial charge >= 0.3 is 5.97 Å². The van der Waals surface area contributed by atoms with Gasteiger partial charge in [-0.15, -0.1) is 0 Å². The van der Waals surface area contributed by atoms with Crippen LogP contribution in [0.3, 0.4) is 0 Å². The van der Waals surface area contributed by atoms with Crippen molar-refractivity contribution >= 4 is 17.6 Å². The zero-order valence-corrected chi connectivity index (χ0v) is 13.0. The maximum Gasteiger partial charge on any atom is 0.338 e. The molecule has 7 nitrogen and oxygen atoms in total. The molecule has 0 aliphatic heterocycles. The van der Waals surface area contributed by atoms with E-state index in [1.54, 1.807) is 0 Å². The van der Waals surface area contributed by atoms with Gasteiger partial charge in [-0.25, -0.2) is 4.79 Å². The Hall–Kier alpha value is -2.44. The summed E-state index contributed by atoms with van der Waals surface area (Å²) in [5.41, 5.74) is -0.141. The Morgan fingerprint density at radius 3 is 2.78 bits per heavy atom. The number of esters is 1. The van der Waals surface area contributed by atoms with E-state index in [1.165, 1.54) is 24.6 Å². The highest BCUT2D eigenvalue weighted by Crippen LogP contribution is 2.23.